The Balaban J connectivity index is 2.55. The molecule has 0 aliphatic heterocycles. The standard InChI is InChI=1S/C8H9NOS/c1-9-8(10)5-4-7-3-2-6-11-7/h2-6H,1H3,(H,9,10)/b5-4+. The number of amides is 1. The molecule has 58 valence electrons. The van der Waals surface area contributed by atoms with E-state index < -0.39 is 0 Å². The molecule has 1 aromatic heterocycles. The van der Waals surface area contributed by atoms with Crippen LogP contribution in [-0.2, 0) is 4.79 Å². The van der Waals surface area contributed by atoms with Crippen LogP contribution in [0.1, 0.15) is 4.88 Å². The van der Waals surface area contributed by atoms with Crippen molar-refractivity contribution in [3.63, 3.8) is 0 Å². The molecule has 1 rings (SSSR count). The van der Waals surface area contributed by atoms with E-state index in [-0.39, 0.29) is 5.91 Å². The van der Waals surface area contributed by atoms with Gasteiger partial charge < -0.3 is 5.32 Å². The Bertz CT molecular complexity index is 251. The van der Waals surface area contributed by atoms with Gasteiger partial charge in [0.15, 0.2) is 0 Å². The molecule has 2 nitrogen and oxygen atoms in total. The van der Waals surface area contributed by atoms with Crippen LogP contribution >= 0.6 is 11.3 Å². The molecule has 1 amide bonds. The second kappa shape index (κ2) is 3.93. The van der Waals surface area contributed by atoms with E-state index in [1.807, 2.05) is 17.5 Å². The fraction of sp³-hybridized carbons (Fsp3) is 0.125. The van der Waals surface area contributed by atoms with E-state index >= 15 is 0 Å². The van der Waals surface area contributed by atoms with Crippen molar-refractivity contribution in [3.05, 3.63) is 28.5 Å². The van der Waals surface area contributed by atoms with E-state index in [0.717, 1.165) is 4.88 Å². The lowest BCUT2D eigenvalue weighted by molar-refractivity contribution is -0.115. The summed E-state index contributed by atoms with van der Waals surface area (Å²) in [7, 11) is 1.61. The van der Waals surface area contributed by atoms with Gasteiger partial charge in [-0.3, -0.25) is 4.79 Å². The summed E-state index contributed by atoms with van der Waals surface area (Å²) >= 11 is 1.61. The summed E-state index contributed by atoms with van der Waals surface area (Å²) in [6.07, 6.45) is 3.31. The highest BCUT2D eigenvalue weighted by atomic mass is 32.1. The van der Waals surface area contributed by atoms with Crippen molar-refractivity contribution in [1.29, 1.82) is 0 Å². The number of hydrogen-bond donors (Lipinski definition) is 1. The normalized spacial score (nSPS) is 10.3. The Morgan fingerprint density at radius 2 is 2.55 bits per heavy atom. The first-order valence-electron chi connectivity index (χ1n) is 3.26. The molecule has 1 heterocycles. The van der Waals surface area contributed by atoms with Crippen LogP contribution in [0.5, 0.6) is 0 Å². The van der Waals surface area contributed by atoms with Gasteiger partial charge in [-0.1, -0.05) is 6.07 Å². The molecule has 0 saturated heterocycles. The highest BCUT2D eigenvalue weighted by Crippen LogP contribution is 2.09. The van der Waals surface area contributed by atoms with E-state index in [2.05, 4.69) is 5.32 Å². The third-order valence-corrected chi connectivity index (χ3v) is 2.03. The topological polar surface area (TPSA) is 29.1 Å². The van der Waals surface area contributed by atoms with E-state index in [4.69, 9.17) is 0 Å². The number of carbonyl (C=O) groups excluding carboxylic acids is 1. The van der Waals surface area contributed by atoms with Crippen LogP contribution < -0.4 is 5.32 Å². The summed E-state index contributed by atoms with van der Waals surface area (Å²) in [6, 6.07) is 3.91. The van der Waals surface area contributed by atoms with Crippen LogP contribution in [-0.4, -0.2) is 13.0 Å². The zero-order valence-corrected chi connectivity index (χ0v) is 7.02. The molecule has 3 heteroatoms. The summed E-state index contributed by atoms with van der Waals surface area (Å²) in [4.78, 5) is 11.8. The molecule has 0 fully saturated rings. The molecule has 0 saturated carbocycles. The van der Waals surface area contributed by atoms with Crippen molar-refractivity contribution in [3.8, 4) is 0 Å². The molecule has 0 atom stereocenters. The number of thiophene rings is 1. The van der Waals surface area contributed by atoms with Crippen LogP contribution in [0.3, 0.4) is 0 Å². The molecule has 1 aromatic rings. The number of nitrogens with one attached hydrogen (secondary N) is 1. The van der Waals surface area contributed by atoms with Crippen LogP contribution in [0.15, 0.2) is 23.6 Å². The quantitative estimate of drug-likeness (QED) is 0.664. The average Bonchev–Trinajstić information content (AvgIpc) is 2.52. The van der Waals surface area contributed by atoms with E-state index in [0.29, 0.717) is 0 Å². The van der Waals surface area contributed by atoms with Gasteiger partial charge in [-0.15, -0.1) is 11.3 Å². The average molecular weight is 167 g/mol. The number of carbonyl (C=O) groups is 1. The van der Waals surface area contributed by atoms with E-state index in [1.165, 1.54) is 6.08 Å². The summed E-state index contributed by atoms with van der Waals surface area (Å²) in [5, 5.41) is 4.48. The maximum Gasteiger partial charge on any atom is 0.243 e. The predicted octanol–water partition coefficient (Wildman–Crippen LogP) is 1.51. The van der Waals surface area contributed by atoms with Gasteiger partial charge >= 0.3 is 0 Å². The Labute approximate surface area is 69.6 Å². The molecule has 0 spiro atoms. The third kappa shape index (κ3) is 2.55. The molecular formula is C8H9NOS. The first-order chi connectivity index (χ1) is 5.33. The van der Waals surface area contributed by atoms with E-state index in [9.17, 15) is 4.79 Å². The van der Waals surface area contributed by atoms with Crippen molar-refractivity contribution in [2.45, 2.75) is 0 Å². The summed E-state index contributed by atoms with van der Waals surface area (Å²) in [6.45, 7) is 0. The van der Waals surface area contributed by atoms with Crippen molar-refractivity contribution >= 4 is 23.3 Å². The fourth-order valence-corrected chi connectivity index (χ4v) is 1.25. The van der Waals surface area contributed by atoms with Gasteiger partial charge in [0.1, 0.15) is 0 Å². The highest BCUT2D eigenvalue weighted by Gasteiger charge is 1.89. The zero-order valence-electron chi connectivity index (χ0n) is 6.20. The summed E-state index contributed by atoms with van der Waals surface area (Å²) in [5.74, 6) is -0.0709. The minimum absolute atomic E-state index is 0.0709. The van der Waals surface area contributed by atoms with Crippen molar-refractivity contribution in [2.24, 2.45) is 0 Å². The Hall–Kier alpha value is -1.09. The molecule has 0 radical (unpaired) electrons. The Morgan fingerprint density at radius 1 is 1.73 bits per heavy atom. The fourth-order valence-electron chi connectivity index (χ4n) is 0.627. The van der Waals surface area contributed by atoms with Gasteiger partial charge in [0.2, 0.25) is 5.91 Å². The van der Waals surface area contributed by atoms with Gasteiger partial charge in [-0.2, -0.15) is 0 Å². The van der Waals surface area contributed by atoms with Gasteiger partial charge in [0, 0.05) is 18.0 Å². The minimum atomic E-state index is -0.0709. The first-order valence-corrected chi connectivity index (χ1v) is 4.14. The molecule has 0 unspecified atom stereocenters. The maximum atomic E-state index is 10.7. The molecular weight excluding hydrogens is 158 g/mol. The minimum Gasteiger partial charge on any atom is -0.356 e. The lowest BCUT2D eigenvalue weighted by Gasteiger charge is -1.87. The monoisotopic (exact) mass is 167 g/mol. The second-order valence-electron chi connectivity index (χ2n) is 1.96. The maximum absolute atomic E-state index is 10.7. The van der Waals surface area contributed by atoms with Crippen LogP contribution in [0.4, 0.5) is 0 Å². The van der Waals surface area contributed by atoms with Crippen molar-refractivity contribution < 1.29 is 4.79 Å². The number of likely N-dealkylation sites (N-methyl/N-ethyl adjacent to an activating group) is 1. The van der Waals surface area contributed by atoms with Crippen LogP contribution in [0.2, 0.25) is 0 Å². The Kier molecular flexibility index (Phi) is 2.86. The van der Waals surface area contributed by atoms with Gasteiger partial charge in [0.25, 0.3) is 0 Å². The predicted molar refractivity (Wildman–Crippen MR) is 47.4 cm³/mol. The highest BCUT2D eigenvalue weighted by molar-refractivity contribution is 7.10. The molecule has 0 aliphatic rings. The van der Waals surface area contributed by atoms with Crippen molar-refractivity contribution in [2.75, 3.05) is 7.05 Å². The third-order valence-electron chi connectivity index (χ3n) is 1.19. The number of rotatable bonds is 2. The van der Waals surface area contributed by atoms with E-state index in [1.54, 1.807) is 24.5 Å². The van der Waals surface area contributed by atoms with Crippen LogP contribution in [0, 0.1) is 0 Å². The first kappa shape index (κ1) is 8.01. The lowest BCUT2D eigenvalue weighted by atomic mass is 10.4. The molecule has 0 bridgehead atoms. The SMILES string of the molecule is CNC(=O)/C=C/c1cccs1. The second-order valence-corrected chi connectivity index (χ2v) is 2.94. The molecule has 0 aromatic carbocycles. The molecule has 1 N–H and O–H groups in total. The largest absolute Gasteiger partial charge is 0.356 e. The van der Waals surface area contributed by atoms with Gasteiger partial charge in [-0.25, -0.2) is 0 Å². The summed E-state index contributed by atoms with van der Waals surface area (Å²) < 4.78 is 0. The zero-order chi connectivity index (χ0) is 8.10. The van der Waals surface area contributed by atoms with Crippen molar-refractivity contribution in [1.82, 2.24) is 5.32 Å². The van der Waals surface area contributed by atoms with Gasteiger partial charge in [-0.05, 0) is 17.5 Å². The molecule has 0 aliphatic carbocycles. The lowest BCUT2D eigenvalue weighted by Crippen LogP contribution is -2.13. The van der Waals surface area contributed by atoms with Gasteiger partial charge in [0.05, 0.1) is 0 Å². The smallest absolute Gasteiger partial charge is 0.243 e. The summed E-state index contributed by atoms with van der Waals surface area (Å²) in [5.41, 5.74) is 0. The van der Waals surface area contributed by atoms with Crippen LogP contribution in [0.25, 0.3) is 6.08 Å². The Morgan fingerprint density at radius 3 is 3.09 bits per heavy atom. The number of hydrogen-bond acceptors (Lipinski definition) is 2. The molecule has 11 heavy (non-hydrogen) atoms.